The molecule has 3 heteroatoms. The van der Waals surface area contributed by atoms with Crippen LogP contribution in [0.2, 0.25) is 0 Å². The summed E-state index contributed by atoms with van der Waals surface area (Å²) in [6.07, 6.45) is 3.06. The van der Waals surface area contributed by atoms with E-state index < -0.39 is 0 Å². The number of halogens is 2. The van der Waals surface area contributed by atoms with Gasteiger partial charge in [0.05, 0.1) is 7.11 Å². The van der Waals surface area contributed by atoms with Crippen LogP contribution in [-0.2, 0) is 0 Å². The predicted octanol–water partition coefficient (Wildman–Crippen LogP) is 4.49. The molecule has 0 aromatic heterocycles. The van der Waals surface area contributed by atoms with Crippen LogP contribution in [0.25, 0.3) is 6.08 Å². The standard InChI is InChI=1S/C12H14BrClO/c1-3-9(8-14)6-10-7-11(15-2)4-5-12(10)13/h4-7H,3,8H2,1-2H3/b9-6-. The summed E-state index contributed by atoms with van der Waals surface area (Å²) >= 11 is 9.33. The molecule has 0 spiro atoms. The first-order valence-corrected chi connectivity index (χ1v) is 6.13. The average molecular weight is 290 g/mol. The van der Waals surface area contributed by atoms with Crippen LogP contribution >= 0.6 is 27.5 Å². The number of allylic oxidation sites excluding steroid dienone is 1. The van der Waals surface area contributed by atoms with Gasteiger partial charge < -0.3 is 4.74 Å². The van der Waals surface area contributed by atoms with E-state index >= 15 is 0 Å². The molecule has 0 unspecified atom stereocenters. The number of benzene rings is 1. The largest absolute Gasteiger partial charge is 0.497 e. The second-order valence-corrected chi connectivity index (χ2v) is 4.30. The van der Waals surface area contributed by atoms with E-state index in [0.717, 1.165) is 22.2 Å². The number of rotatable bonds is 4. The molecule has 1 rings (SSSR count). The fraction of sp³-hybridized carbons (Fsp3) is 0.333. The minimum atomic E-state index is 0.570. The molecule has 0 N–H and O–H groups in total. The van der Waals surface area contributed by atoms with Gasteiger partial charge in [-0.3, -0.25) is 0 Å². The Hall–Kier alpha value is -0.470. The third kappa shape index (κ3) is 3.54. The molecule has 0 saturated carbocycles. The Morgan fingerprint density at radius 1 is 1.53 bits per heavy atom. The lowest BCUT2D eigenvalue weighted by atomic mass is 10.1. The van der Waals surface area contributed by atoms with Crippen LogP contribution in [0.15, 0.2) is 28.2 Å². The van der Waals surface area contributed by atoms with Crippen molar-refractivity contribution in [3.8, 4) is 5.75 Å². The molecule has 0 bridgehead atoms. The van der Waals surface area contributed by atoms with Gasteiger partial charge in [0.1, 0.15) is 5.75 Å². The van der Waals surface area contributed by atoms with E-state index in [2.05, 4.69) is 28.9 Å². The Labute approximate surface area is 104 Å². The van der Waals surface area contributed by atoms with Crippen LogP contribution in [0.3, 0.4) is 0 Å². The minimum Gasteiger partial charge on any atom is -0.497 e. The van der Waals surface area contributed by atoms with Gasteiger partial charge in [-0.05, 0) is 30.2 Å². The van der Waals surface area contributed by atoms with Gasteiger partial charge in [0.25, 0.3) is 0 Å². The highest BCUT2D eigenvalue weighted by atomic mass is 79.9. The van der Waals surface area contributed by atoms with E-state index in [1.165, 1.54) is 5.57 Å². The molecule has 0 fully saturated rings. The van der Waals surface area contributed by atoms with Crippen LogP contribution in [-0.4, -0.2) is 13.0 Å². The SMILES string of the molecule is CC/C(=C/c1cc(OC)ccc1Br)CCl. The van der Waals surface area contributed by atoms with E-state index in [1.807, 2.05) is 18.2 Å². The zero-order chi connectivity index (χ0) is 11.3. The minimum absolute atomic E-state index is 0.570. The third-order valence-electron chi connectivity index (χ3n) is 2.19. The summed E-state index contributed by atoms with van der Waals surface area (Å²) in [5, 5.41) is 0. The van der Waals surface area contributed by atoms with Gasteiger partial charge in [-0.15, -0.1) is 11.6 Å². The highest BCUT2D eigenvalue weighted by Gasteiger charge is 2.01. The molecular weight excluding hydrogens is 275 g/mol. The normalized spacial score (nSPS) is 11.6. The van der Waals surface area contributed by atoms with Crippen molar-refractivity contribution in [1.29, 1.82) is 0 Å². The summed E-state index contributed by atoms with van der Waals surface area (Å²) in [6.45, 7) is 2.10. The summed E-state index contributed by atoms with van der Waals surface area (Å²) in [6, 6.07) is 5.90. The molecule has 0 saturated heterocycles. The molecule has 1 aromatic carbocycles. The van der Waals surface area contributed by atoms with Crippen LogP contribution in [0.5, 0.6) is 5.75 Å². The third-order valence-corrected chi connectivity index (χ3v) is 3.25. The lowest BCUT2D eigenvalue weighted by Crippen LogP contribution is -1.87. The van der Waals surface area contributed by atoms with E-state index in [0.29, 0.717) is 5.88 Å². The fourth-order valence-corrected chi connectivity index (χ4v) is 1.84. The first-order valence-electron chi connectivity index (χ1n) is 4.80. The number of hydrogen-bond donors (Lipinski definition) is 0. The quantitative estimate of drug-likeness (QED) is 0.742. The Kier molecular flexibility index (Phi) is 5.20. The van der Waals surface area contributed by atoms with E-state index in [1.54, 1.807) is 7.11 Å². The van der Waals surface area contributed by atoms with E-state index in [4.69, 9.17) is 16.3 Å². The van der Waals surface area contributed by atoms with Crippen molar-refractivity contribution in [2.24, 2.45) is 0 Å². The Balaban J connectivity index is 3.06. The van der Waals surface area contributed by atoms with Crippen molar-refractivity contribution in [2.75, 3.05) is 13.0 Å². The molecular formula is C12H14BrClO. The van der Waals surface area contributed by atoms with Gasteiger partial charge in [0.15, 0.2) is 0 Å². The lowest BCUT2D eigenvalue weighted by Gasteiger charge is -2.05. The van der Waals surface area contributed by atoms with Gasteiger partial charge in [-0.2, -0.15) is 0 Å². The van der Waals surface area contributed by atoms with Crippen LogP contribution in [0, 0.1) is 0 Å². The molecule has 1 nitrogen and oxygen atoms in total. The van der Waals surface area contributed by atoms with Crippen LogP contribution < -0.4 is 4.74 Å². The number of methoxy groups -OCH3 is 1. The summed E-state index contributed by atoms with van der Waals surface area (Å²) in [7, 11) is 1.67. The molecule has 0 aliphatic rings. The van der Waals surface area contributed by atoms with Crippen molar-refractivity contribution in [3.05, 3.63) is 33.8 Å². The average Bonchev–Trinajstić information content (AvgIpc) is 2.28. The topological polar surface area (TPSA) is 9.23 Å². The van der Waals surface area contributed by atoms with Crippen LogP contribution in [0.4, 0.5) is 0 Å². The number of hydrogen-bond acceptors (Lipinski definition) is 1. The highest BCUT2D eigenvalue weighted by Crippen LogP contribution is 2.25. The molecule has 0 atom stereocenters. The Bertz CT molecular complexity index is 355. The second-order valence-electron chi connectivity index (χ2n) is 3.18. The van der Waals surface area contributed by atoms with E-state index in [-0.39, 0.29) is 0 Å². The Morgan fingerprint density at radius 3 is 2.80 bits per heavy atom. The molecule has 0 aliphatic heterocycles. The van der Waals surface area contributed by atoms with Gasteiger partial charge in [0.2, 0.25) is 0 Å². The van der Waals surface area contributed by atoms with E-state index in [9.17, 15) is 0 Å². The maximum absolute atomic E-state index is 5.83. The maximum Gasteiger partial charge on any atom is 0.119 e. The van der Waals surface area contributed by atoms with Crippen molar-refractivity contribution < 1.29 is 4.74 Å². The highest BCUT2D eigenvalue weighted by molar-refractivity contribution is 9.10. The van der Waals surface area contributed by atoms with Crippen molar-refractivity contribution in [1.82, 2.24) is 0 Å². The molecule has 0 amide bonds. The zero-order valence-electron chi connectivity index (χ0n) is 8.89. The zero-order valence-corrected chi connectivity index (χ0v) is 11.2. The van der Waals surface area contributed by atoms with Crippen molar-refractivity contribution in [2.45, 2.75) is 13.3 Å². The smallest absolute Gasteiger partial charge is 0.119 e. The number of ether oxygens (including phenoxy) is 1. The summed E-state index contributed by atoms with van der Waals surface area (Å²) < 4.78 is 6.23. The van der Waals surface area contributed by atoms with Gasteiger partial charge in [0, 0.05) is 10.4 Å². The van der Waals surface area contributed by atoms with Crippen LogP contribution in [0.1, 0.15) is 18.9 Å². The first-order chi connectivity index (χ1) is 7.21. The molecule has 0 aliphatic carbocycles. The monoisotopic (exact) mass is 288 g/mol. The van der Waals surface area contributed by atoms with Gasteiger partial charge in [-0.1, -0.05) is 34.5 Å². The predicted molar refractivity (Wildman–Crippen MR) is 69.7 cm³/mol. The maximum atomic E-state index is 5.83. The fourth-order valence-electron chi connectivity index (χ4n) is 1.21. The van der Waals surface area contributed by atoms with Crippen molar-refractivity contribution in [3.63, 3.8) is 0 Å². The molecule has 0 heterocycles. The van der Waals surface area contributed by atoms with Crippen molar-refractivity contribution >= 4 is 33.6 Å². The molecule has 0 radical (unpaired) electrons. The summed E-state index contributed by atoms with van der Waals surface area (Å²) in [4.78, 5) is 0. The summed E-state index contributed by atoms with van der Waals surface area (Å²) in [5.74, 6) is 1.43. The lowest BCUT2D eigenvalue weighted by molar-refractivity contribution is 0.414. The number of alkyl halides is 1. The Morgan fingerprint density at radius 2 is 2.27 bits per heavy atom. The summed E-state index contributed by atoms with van der Waals surface area (Å²) in [5.41, 5.74) is 2.32. The molecule has 15 heavy (non-hydrogen) atoms. The first kappa shape index (κ1) is 12.6. The molecule has 1 aromatic rings. The van der Waals surface area contributed by atoms with Gasteiger partial charge in [-0.25, -0.2) is 0 Å². The van der Waals surface area contributed by atoms with Gasteiger partial charge >= 0.3 is 0 Å². The molecule has 82 valence electrons. The second kappa shape index (κ2) is 6.19.